The third-order valence-electron chi connectivity index (χ3n) is 10.8. The third-order valence-corrected chi connectivity index (χ3v) is 10.8. The Kier molecular flexibility index (Phi) is 12.8. The van der Waals surface area contributed by atoms with Crippen LogP contribution in [0.4, 0.5) is 14.9 Å². The molecule has 2 N–H and O–H groups in total. The summed E-state index contributed by atoms with van der Waals surface area (Å²) in [5.41, 5.74) is -0.526. The molecule has 0 spiro atoms. The number of alkyl carbamates (subject to hydrolysis) is 1. The second-order valence-electron chi connectivity index (χ2n) is 16.9. The maximum atomic E-state index is 14.2. The van der Waals surface area contributed by atoms with Crippen LogP contribution in [-0.4, -0.2) is 72.4 Å². The number of likely N-dealkylation sites (tertiary alicyclic amines) is 1. The average Bonchev–Trinajstić information content (AvgIpc) is 3.75. The molecule has 13 heteroatoms. The molecule has 0 radical (unpaired) electrons. The molecule has 1 saturated heterocycles. The highest BCUT2D eigenvalue weighted by Crippen LogP contribution is 2.41. The summed E-state index contributed by atoms with van der Waals surface area (Å²) in [6, 6.07) is 5.23. The van der Waals surface area contributed by atoms with E-state index in [0.717, 1.165) is 32.1 Å². The topological polar surface area (TPSA) is 153 Å². The monoisotopic (exact) mass is 741 g/mol. The number of alkyl halides is 1. The van der Waals surface area contributed by atoms with Crippen LogP contribution >= 0.6 is 0 Å². The van der Waals surface area contributed by atoms with Crippen LogP contribution in [0.15, 0.2) is 28.7 Å². The van der Waals surface area contributed by atoms with Gasteiger partial charge in [0.15, 0.2) is 0 Å². The van der Waals surface area contributed by atoms with Gasteiger partial charge in [-0.05, 0) is 116 Å². The number of rotatable bonds is 10. The molecule has 0 bridgehead atoms. The SMILES string of the molecule is CC(C)(C)OC(=O)NC(CF)C1CCC(C(=O)N2CC[C@@H](C3CCCCC3)[C@H]2C(=O)Nc2ccc3oc(C(=O)OCOC(=O)C(C)(C)C)cc3c2)CC1. The van der Waals surface area contributed by atoms with Gasteiger partial charge in [0.05, 0.1) is 11.5 Å². The number of hydrogen-bond donors (Lipinski definition) is 2. The zero-order valence-corrected chi connectivity index (χ0v) is 32.0. The minimum absolute atomic E-state index is 0.0379. The number of amides is 3. The Morgan fingerprint density at radius 3 is 2.25 bits per heavy atom. The minimum atomic E-state index is -0.794. The Bertz CT molecular complexity index is 1630. The Labute approximate surface area is 311 Å². The number of nitrogens with zero attached hydrogens (tertiary/aromatic N) is 1. The second kappa shape index (κ2) is 16.9. The van der Waals surface area contributed by atoms with Crippen molar-refractivity contribution in [3.63, 3.8) is 0 Å². The molecule has 53 heavy (non-hydrogen) atoms. The van der Waals surface area contributed by atoms with Crippen molar-refractivity contribution < 1.29 is 47.0 Å². The lowest BCUT2D eigenvalue weighted by Crippen LogP contribution is -2.50. The molecular formula is C40H56FN3O9. The van der Waals surface area contributed by atoms with Gasteiger partial charge in [0.2, 0.25) is 24.4 Å². The Hall–Kier alpha value is -4.16. The molecule has 3 fully saturated rings. The summed E-state index contributed by atoms with van der Waals surface area (Å²) < 4.78 is 35.2. The number of benzene rings is 1. The Morgan fingerprint density at radius 1 is 0.906 bits per heavy atom. The van der Waals surface area contributed by atoms with Gasteiger partial charge in [0.25, 0.3) is 0 Å². The van der Waals surface area contributed by atoms with Crippen LogP contribution in [0.25, 0.3) is 11.0 Å². The first-order valence-electron chi connectivity index (χ1n) is 19.1. The van der Waals surface area contributed by atoms with Crippen LogP contribution < -0.4 is 10.6 Å². The van der Waals surface area contributed by atoms with Gasteiger partial charge in [0.1, 0.15) is 23.9 Å². The standard InChI is InChI=1S/C40H56FN3O9/c1-39(2,3)37(48)51-23-50-36(47)32-21-27-20-28(16-17-31(27)52-32)42-34(45)33-29(24-10-8-7-9-11-24)18-19-44(33)35(46)26-14-12-25(13-15-26)30(22-41)43-38(49)53-40(4,5)6/h16-17,20-21,24-26,29-30,33H,7-15,18-19,22-23H2,1-6H3,(H,42,45)(H,43,49)/t25?,26?,29-,30?,33-/m0/s1. The number of fused-ring (bicyclic) bond motifs is 1. The molecule has 2 aliphatic carbocycles. The molecule has 1 unspecified atom stereocenters. The van der Waals surface area contributed by atoms with Crippen LogP contribution in [0.2, 0.25) is 0 Å². The average molecular weight is 742 g/mol. The van der Waals surface area contributed by atoms with Crippen LogP contribution in [0.3, 0.4) is 0 Å². The van der Waals surface area contributed by atoms with Crippen molar-refractivity contribution in [3.8, 4) is 0 Å². The molecule has 2 aromatic rings. The van der Waals surface area contributed by atoms with Crippen LogP contribution in [0, 0.1) is 29.1 Å². The highest BCUT2D eigenvalue weighted by atomic mass is 19.1. The van der Waals surface area contributed by atoms with E-state index in [9.17, 15) is 28.4 Å². The van der Waals surface area contributed by atoms with Gasteiger partial charge >= 0.3 is 18.0 Å². The maximum absolute atomic E-state index is 14.2. The second-order valence-corrected chi connectivity index (χ2v) is 16.9. The predicted octanol–water partition coefficient (Wildman–Crippen LogP) is 7.54. The zero-order valence-electron chi connectivity index (χ0n) is 32.0. The number of ether oxygens (including phenoxy) is 3. The molecule has 3 amide bonds. The summed E-state index contributed by atoms with van der Waals surface area (Å²) in [5.74, 6) is -1.68. The van der Waals surface area contributed by atoms with E-state index < -0.39 is 54.6 Å². The van der Waals surface area contributed by atoms with Gasteiger partial charge in [-0.3, -0.25) is 14.4 Å². The largest absolute Gasteiger partial charge is 0.449 e. The maximum Gasteiger partial charge on any atom is 0.407 e. The number of halogens is 1. The molecule has 1 aliphatic heterocycles. The number of anilines is 1. The number of furan rings is 1. The summed E-state index contributed by atoms with van der Waals surface area (Å²) >= 11 is 0. The lowest BCUT2D eigenvalue weighted by Gasteiger charge is -2.37. The first kappa shape index (κ1) is 40.0. The quantitative estimate of drug-likeness (QED) is 0.186. The molecule has 1 aromatic heterocycles. The summed E-state index contributed by atoms with van der Waals surface area (Å²) in [7, 11) is 0. The van der Waals surface area contributed by atoms with Crippen molar-refractivity contribution in [2.24, 2.45) is 29.1 Å². The van der Waals surface area contributed by atoms with E-state index in [1.807, 2.05) is 0 Å². The van der Waals surface area contributed by atoms with Crippen LogP contribution in [0.1, 0.15) is 116 Å². The van der Waals surface area contributed by atoms with Crippen molar-refractivity contribution in [1.82, 2.24) is 10.2 Å². The molecule has 1 aromatic carbocycles. The Morgan fingerprint density at radius 2 is 1.60 bits per heavy atom. The highest BCUT2D eigenvalue weighted by Gasteiger charge is 2.47. The molecule has 2 heterocycles. The van der Waals surface area contributed by atoms with Gasteiger partial charge in [-0.1, -0.05) is 32.1 Å². The number of esters is 2. The van der Waals surface area contributed by atoms with Gasteiger partial charge < -0.3 is 34.2 Å². The van der Waals surface area contributed by atoms with E-state index in [4.69, 9.17) is 18.6 Å². The van der Waals surface area contributed by atoms with Gasteiger partial charge in [-0.25, -0.2) is 14.0 Å². The summed E-state index contributed by atoms with van der Waals surface area (Å²) in [4.78, 5) is 67.1. The molecule has 292 valence electrons. The van der Waals surface area contributed by atoms with Crippen molar-refractivity contribution in [1.29, 1.82) is 0 Å². The first-order chi connectivity index (χ1) is 25.0. The predicted molar refractivity (Wildman–Crippen MR) is 195 cm³/mol. The van der Waals surface area contributed by atoms with Crippen LogP contribution in [-0.2, 0) is 28.6 Å². The molecule has 5 rings (SSSR count). The zero-order chi connectivity index (χ0) is 38.5. The van der Waals surface area contributed by atoms with Gasteiger partial charge in [-0.15, -0.1) is 0 Å². The minimum Gasteiger partial charge on any atom is -0.449 e. The highest BCUT2D eigenvalue weighted by molar-refractivity contribution is 6.00. The molecule has 3 aliphatic rings. The van der Waals surface area contributed by atoms with E-state index in [1.165, 1.54) is 12.5 Å². The van der Waals surface area contributed by atoms with E-state index in [2.05, 4.69) is 10.6 Å². The number of nitrogens with one attached hydrogen (secondary N) is 2. The molecule has 12 nitrogen and oxygen atoms in total. The van der Waals surface area contributed by atoms with Crippen molar-refractivity contribution in [3.05, 3.63) is 30.0 Å². The molecular weight excluding hydrogens is 685 g/mol. The van der Waals surface area contributed by atoms with Crippen molar-refractivity contribution in [2.75, 3.05) is 25.3 Å². The first-order valence-corrected chi connectivity index (χ1v) is 19.1. The van der Waals surface area contributed by atoms with E-state index in [0.29, 0.717) is 54.8 Å². The van der Waals surface area contributed by atoms with Crippen LogP contribution in [0.5, 0.6) is 0 Å². The lowest BCUT2D eigenvalue weighted by atomic mass is 9.76. The van der Waals surface area contributed by atoms with E-state index >= 15 is 0 Å². The number of carbonyl (C=O) groups is 5. The molecule has 3 atom stereocenters. The summed E-state index contributed by atoms with van der Waals surface area (Å²) in [6.45, 7) is 9.58. The van der Waals surface area contributed by atoms with Gasteiger partial charge in [0, 0.05) is 23.5 Å². The van der Waals surface area contributed by atoms with Gasteiger partial charge in [-0.2, -0.15) is 0 Å². The van der Waals surface area contributed by atoms with Crippen molar-refractivity contribution >= 4 is 46.5 Å². The smallest absolute Gasteiger partial charge is 0.407 e. The third kappa shape index (κ3) is 10.3. The number of hydrogen-bond acceptors (Lipinski definition) is 9. The molecule has 2 saturated carbocycles. The van der Waals surface area contributed by atoms with E-state index in [1.54, 1.807) is 64.6 Å². The fraction of sp³-hybridized carbons (Fsp3) is 0.675. The summed E-state index contributed by atoms with van der Waals surface area (Å²) in [6.07, 6.45) is 7.85. The Balaban J connectivity index is 1.24. The lowest BCUT2D eigenvalue weighted by molar-refractivity contribution is -0.161. The fourth-order valence-electron chi connectivity index (χ4n) is 8.06. The van der Waals surface area contributed by atoms with E-state index in [-0.39, 0.29) is 35.3 Å². The fourth-order valence-corrected chi connectivity index (χ4v) is 8.06. The normalized spacial score (nSPS) is 23.3. The summed E-state index contributed by atoms with van der Waals surface area (Å²) in [5, 5.41) is 6.30. The van der Waals surface area contributed by atoms with Crippen molar-refractivity contribution in [2.45, 2.75) is 123 Å². The number of carbonyl (C=O) groups excluding carboxylic acids is 5.